The Morgan fingerprint density at radius 1 is 1.15 bits per heavy atom. The largest absolute Gasteiger partial charge is 0.445 e. The van der Waals surface area contributed by atoms with E-state index in [1.54, 1.807) is 4.90 Å². The number of carbonyl (C=O) groups excluding carboxylic acids is 2. The number of rotatable bonds is 5. The van der Waals surface area contributed by atoms with Gasteiger partial charge in [0, 0.05) is 31.4 Å². The molecule has 0 aliphatic carbocycles. The lowest BCUT2D eigenvalue weighted by Crippen LogP contribution is -2.43. The number of likely N-dealkylation sites (tertiary alicyclic amines) is 1. The molecule has 1 aliphatic heterocycles. The molecule has 0 spiro atoms. The van der Waals surface area contributed by atoms with E-state index in [0.29, 0.717) is 37.4 Å². The molecule has 8 heteroatoms. The van der Waals surface area contributed by atoms with Gasteiger partial charge in [0.05, 0.1) is 6.54 Å². The number of hydrogen-bond donors (Lipinski definition) is 2. The van der Waals surface area contributed by atoms with Crippen LogP contribution in [0.2, 0.25) is 0 Å². The number of nitrogens with two attached hydrogens (primary N) is 1. The first kappa shape index (κ1) is 18.6. The zero-order valence-corrected chi connectivity index (χ0v) is 15.0. The second kappa shape index (κ2) is 8.98. The van der Waals surface area contributed by atoms with Crippen molar-refractivity contribution >= 4 is 17.8 Å². The molecule has 2 amide bonds. The molecular weight excluding hydrogens is 346 g/mol. The number of piperidine rings is 1. The van der Waals surface area contributed by atoms with E-state index in [-0.39, 0.29) is 31.1 Å². The van der Waals surface area contributed by atoms with Crippen LogP contribution in [0.25, 0.3) is 0 Å². The molecule has 3 N–H and O–H groups in total. The fraction of sp³-hybridized carbons (Fsp3) is 0.368. The van der Waals surface area contributed by atoms with Crippen molar-refractivity contribution in [2.45, 2.75) is 26.0 Å². The lowest BCUT2D eigenvalue weighted by molar-refractivity contribution is -0.126. The lowest BCUT2D eigenvalue weighted by Gasteiger charge is -2.30. The molecule has 1 saturated heterocycles. The summed E-state index contributed by atoms with van der Waals surface area (Å²) in [5.41, 5.74) is 7.22. The highest BCUT2D eigenvalue weighted by Gasteiger charge is 2.28. The zero-order chi connectivity index (χ0) is 19.1. The van der Waals surface area contributed by atoms with Crippen LogP contribution in [0, 0.1) is 5.92 Å². The molecule has 27 heavy (non-hydrogen) atoms. The fourth-order valence-electron chi connectivity index (χ4n) is 2.96. The van der Waals surface area contributed by atoms with Gasteiger partial charge < -0.3 is 20.7 Å². The van der Waals surface area contributed by atoms with Crippen LogP contribution in [-0.4, -0.2) is 40.0 Å². The molecule has 142 valence electrons. The summed E-state index contributed by atoms with van der Waals surface area (Å²) in [5.74, 6) is 0.118. The van der Waals surface area contributed by atoms with Gasteiger partial charge in [-0.15, -0.1) is 0 Å². The van der Waals surface area contributed by atoms with Crippen molar-refractivity contribution in [1.82, 2.24) is 20.2 Å². The van der Waals surface area contributed by atoms with Crippen LogP contribution in [0.5, 0.6) is 0 Å². The van der Waals surface area contributed by atoms with Gasteiger partial charge in [0.25, 0.3) is 0 Å². The molecule has 8 nitrogen and oxygen atoms in total. The third kappa shape index (κ3) is 5.16. The monoisotopic (exact) mass is 369 g/mol. The Bertz CT molecular complexity index is 776. The van der Waals surface area contributed by atoms with Crippen molar-refractivity contribution in [3.8, 4) is 0 Å². The number of hydrogen-bond acceptors (Lipinski definition) is 6. The molecular formula is C19H23N5O3. The molecule has 1 aliphatic rings. The molecule has 3 rings (SSSR count). The Hall–Kier alpha value is -3.16. The van der Waals surface area contributed by atoms with Gasteiger partial charge in [0.1, 0.15) is 18.1 Å². The van der Waals surface area contributed by atoms with Gasteiger partial charge in [0.15, 0.2) is 0 Å². The van der Waals surface area contributed by atoms with Crippen molar-refractivity contribution in [2.24, 2.45) is 5.92 Å². The highest BCUT2D eigenvalue weighted by Crippen LogP contribution is 2.18. The Kier molecular flexibility index (Phi) is 6.19. The molecule has 0 bridgehead atoms. The minimum atomic E-state index is -0.343. The van der Waals surface area contributed by atoms with E-state index in [0.717, 1.165) is 5.56 Å². The van der Waals surface area contributed by atoms with E-state index < -0.39 is 0 Å². The van der Waals surface area contributed by atoms with Crippen LogP contribution < -0.4 is 11.1 Å². The summed E-state index contributed by atoms with van der Waals surface area (Å²) in [5, 5.41) is 2.84. The second-order valence-corrected chi connectivity index (χ2v) is 6.41. The molecule has 0 atom stereocenters. The minimum absolute atomic E-state index is 0.0580. The number of aromatic nitrogens is 2. The van der Waals surface area contributed by atoms with E-state index in [4.69, 9.17) is 10.5 Å². The highest BCUT2D eigenvalue weighted by molar-refractivity contribution is 5.79. The molecule has 1 aromatic carbocycles. The standard InChI is InChI=1S/C19H23N5O3/c20-17-16(21-8-9-22-17)12-23-18(25)15-6-10-24(11-7-15)19(26)27-13-14-4-2-1-3-5-14/h1-5,8-9,15H,6-7,10-13H2,(H2,20,22)(H,23,25). The van der Waals surface area contributed by atoms with Crippen LogP contribution in [-0.2, 0) is 22.7 Å². The van der Waals surface area contributed by atoms with E-state index >= 15 is 0 Å². The number of amides is 2. The van der Waals surface area contributed by atoms with Crippen molar-refractivity contribution in [3.05, 3.63) is 54.0 Å². The number of ether oxygens (including phenoxy) is 1. The zero-order valence-electron chi connectivity index (χ0n) is 15.0. The Morgan fingerprint density at radius 2 is 1.85 bits per heavy atom. The molecule has 1 aromatic heterocycles. The van der Waals surface area contributed by atoms with Gasteiger partial charge >= 0.3 is 6.09 Å². The van der Waals surface area contributed by atoms with Gasteiger partial charge in [-0.05, 0) is 18.4 Å². The summed E-state index contributed by atoms with van der Waals surface area (Å²) in [7, 11) is 0. The maximum atomic E-state index is 12.3. The number of nitrogens with one attached hydrogen (secondary N) is 1. The SMILES string of the molecule is Nc1nccnc1CNC(=O)C1CCN(C(=O)OCc2ccccc2)CC1. The average Bonchev–Trinajstić information content (AvgIpc) is 2.72. The van der Waals surface area contributed by atoms with Gasteiger partial charge in [-0.3, -0.25) is 9.78 Å². The fourth-order valence-corrected chi connectivity index (χ4v) is 2.96. The van der Waals surface area contributed by atoms with Crippen LogP contribution >= 0.6 is 0 Å². The quantitative estimate of drug-likeness (QED) is 0.830. The van der Waals surface area contributed by atoms with Crippen LogP contribution in [0.3, 0.4) is 0 Å². The first-order valence-corrected chi connectivity index (χ1v) is 8.92. The summed E-state index contributed by atoms with van der Waals surface area (Å²) in [4.78, 5) is 34.2. The Morgan fingerprint density at radius 3 is 2.56 bits per heavy atom. The van der Waals surface area contributed by atoms with Crippen molar-refractivity contribution in [1.29, 1.82) is 0 Å². The van der Waals surface area contributed by atoms with Crippen LogP contribution in [0.15, 0.2) is 42.7 Å². The van der Waals surface area contributed by atoms with Gasteiger partial charge in [-0.25, -0.2) is 9.78 Å². The summed E-state index contributed by atoms with van der Waals surface area (Å²) in [6.07, 6.45) is 3.90. The van der Waals surface area contributed by atoms with Crippen molar-refractivity contribution < 1.29 is 14.3 Å². The van der Waals surface area contributed by atoms with Crippen LogP contribution in [0.4, 0.5) is 10.6 Å². The van der Waals surface area contributed by atoms with Gasteiger partial charge in [-0.2, -0.15) is 0 Å². The maximum absolute atomic E-state index is 12.3. The smallest absolute Gasteiger partial charge is 0.410 e. The van der Waals surface area contributed by atoms with E-state index in [9.17, 15) is 9.59 Å². The third-order valence-electron chi connectivity index (χ3n) is 4.57. The Balaban J connectivity index is 1.40. The minimum Gasteiger partial charge on any atom is -0.445 e. The topological polar surface area (TPSA) is 110 Å². The van der Waals surface area contributed by atoms with Crippen LogP contribution in [0.1, 0.15) is 24.1 Å². The summed E-state index contributed by atoms with van der Waals surface area (Å²) in [6.45, 7) is 1.50. The normalized spacial score (nSPS) is 14.6. The Labute approximate surface area is 157 Å². The molecule has 2 heterocycles. The number of benzene rings is 1. The van der Waals surface area contributed by atoms with E-state index in [1.165, 1.54) is 12.4 Å². The predicted octanol–water partition coefficient (Wildman–Crippen LogP) is 1.72. The lowest BCUT2D eigenvalue weighted by atomic mass is 9.96. The van der Waals surface area contributed by atoms with Gasteiger partial charge in [0.2, 0.25) is 5.91 Å². The number of anilines is 1. The maximum Gasteiger partial charge on any atom is 0.410 e. The third-order valence-corrected chi connectivity index (χ3v) is 4.57. The summed E-state index contributed by atoms with van der Waals surface area (Å²) < 4.78 is 5.34. The van der Waals surface area contributed by atoms with E-state index in [2.05, 4.69) is 15.3 Å². The molecule has 0 saturated carbocycles. The van der Waals surface area contributed by atoms with Crippen molar-refractivity contribution in [2.75, 3.05) is 18.8 Å². The predicted molar refractivity (Wildman–Crippen MR) is 99.2 cm³/mol. The summed E-state index contributed by atoms with van der Waals surface area (Å²) in [6, 6.07) is 9.55. The summed E-state index contributed by atoms with van der Waals surface area (Å²) >= 11 is 0. The molecule has 0 unspecified atom stereocenters. The van der Waals surface area contributed by atoms with E-state index in [1.807, 2.05) is 30.3 Å². The van der Waals surface area contributed by atoms with Crippen molar-refractivity contribution in [3.63, 3.8) is 0 Å². The first-order valence-electron chi connectivity index (χ1n) is 8.92. The number of carbonyl (C=O) groups is 2. The molecule has 2 aromatic rings. The molecule has 0 radical (unpaired) electrons. The molecule has 1 fully saturated rings. The second-order valence-electron chi connectivity index (χ2n) is 6.41. The number of nitrogen functional groups attached to an aromatic ring is 1. The number of nitrogens with zero attached hydrogens (tertiary/aromatic N) is 3. The first-order chi connectivity index (χ1) is 13.1. The highest BCUT2D eigenvalue weighted by atomic mass is 16.6. The average molecular weight is 369 g/mol. The van der Waals surface area contributed by atoms with Gasteiger partial charge in [-0.1, -0.05) is 30.3 Å².